The third kappa shape index (κ3) is 1.81. The molecule has 17 heavy (non-hydrogen) atoms. The maximum atomic E-state index is 10.9. The molecule has 0 aliphatic carbocycles. The molecule has 1 aliphatic heterocycles. The fourth-order valence-corrected chi connectivity index (χ4v) is 3.40. The summed E-state index contributed by atoms with van der Waals surface area (Å²) < 4.78 is 0. The lowest BCUT2D eigenvalue weighted by atomic mass is 10.1. The lowest BCUT2D eigenvalue weighted by Gasteiger charge is -2.12. The highest BCUT2D eigenvalue weighted by Gasteiger charge is 2.30. The largest absolute Gasteiger partial charge is 0.480 e. The van der Waals surface area contributed by atoms with Gasteiger partial charge in [0.1, 0.15) is 6.04 Å². The van der Waals surface area contributed by atoms with E-state index in [9.17, 15) is 4.79 Å². The third-order valence-electron chi connectivity index (χ3n) is 2.99. The molecule has 3 rings (SSSR count). The number of aromatic nitrogens is 1. The van der Waals surface area contributed by atoms with Gasteiger partial charge < -0.3 is 10.1 Å². The molecule has 1 saturated heterocycles. The fourth-order valence-electron chi connectivity index (χ4n) is 2.13. The monoisotopic (exact) mass is 248 g/mol. The number of carbonyl (C=O) groups is 1. The van der Waals surface area contributed by atoms with Crippen molar-refractivity contribution in [1.29, 1.82) is 0 Å². The van der Waals surface area contributed by atoms with Gasteiger partial charge in [-0.2, -0.15) is 0 Å². The highest BCUT2D eigenvalue weighted by molar-refractivity contribution is 7.99. The molecule has 4 nitrogen and oxygen atoms in total. The van der Waals surface area contributed by atoms with Gasteiger partial charge in [-0.3, -0.25) is 10.1 Å². The second kappa shape index (κ2) is 4.09. The topological polar surface area (TPSA) is 65.1 Å². The van der Waals surface area contributed by atoms with Crippen LogP contribution in [0, 0.1) is 0 Å². The number of aromatic amines is 1. The van der Waals surface area contributed by atoms with E-state index in [1.165, 1.54) is 0 Å². The fraction of sp³-hybridized carbons (Fsp3) is 0.250. The molecular weight excluding hydrogens is 236 g/mol. The average Bonchev–Trinajstić information content (AvgIpc) is 2.97. The first-order valence-electron chi connectivity index (χ1n) is 5.42. The molecule has 5 heteroatoms. The van der Waals surface area contributed by atoms with E-state index in [0.29, 0.717) is 5.75 Å². The summed E-state index contributed by atoms with van der Waals surface area (Å²) in [4.78, 5) is 14.1. The number of carboxylic acids is 1. The number of thioether (sulfide) groups is 1. The zero-order valence-corrected chi connectivity index (χ0v) is 9.83. The van der Waals surface area contributed by atoms with Crippen molar-refractivity contribution in [3.63, 3.8) is 0 Å². The summed E-state index contributed by atoms with van der Waals surface area (Å²) in [7, 11) is 0. The molecule has 2 atom stereocenters. The summed E-state index contributed by atoms with van der Waals surface area (Å²) in [5, 5.41) is 13.3. The van der Waals surface area contributed by atoms with Crippen molar-refractivity contribution in [2.45, 2.75) is 11.4 Å². The molecule has 0 spiro atoms. The minimum atomic E-state index is -0.777. The van der Waals surface area contributed by atoms with Crippen LogP contribution in [0.1, 0.15) is 10.9 Å². The molecule has 3 N–H and O–H groups in total. The molecule has 1 aliphatic rings. The predicted molar refractivity (Wildman–Crippen MR) is 68.1 cm³/mol. The van der Waals surface area contributed by atoms with Crippen LogP contribution in [0.4, 0.5) is 0 Å². The van der Waals surface area contributed by atoms with Gasteiger partial charge in [0.2, 0.25) is 0 Å². The minimum absolute atomic E-state index is 0.0654. The molecule has 88 valence electrons. The van der Waals surface area contributed by atoms with Gasteiger partial charge in [0, 0.05) is 22.9 Å². The van der Waals surface area contributed by atoms with E-state index in [1.807, 2.05) is 30.5 Å². The van der Waals surface area contributed by atoms with Gasteiger partial charge in [0.25, 0.3) is 0 Å². The highest BCUT2D eigenvalue weighted by atomic mass is 32.2. The van der Waals surface area contributed by atoms with Gasteiger partial charge in [0.15, 0.2) is 0 Å². The van der Waals surface area contributed by atoms with Crippen LogP contribution in [0.5, 0.6) is 0 Å². The maximum Gasteiger partial charge on any atom is 0.321 e. The zero-order chi connectivity index (χ0) is 11.8. The first-order chi connectivity index (χ1) is 8.25. The standard InChI is InChI=1S/C12H12N2O2S/c15-12(16)10-6-17-11(14-10)8-2-1-3-9-7(8)4-5-13-9/h1-5,10-11,13-14H,6H2,(H,15,16)/t10-,11+/m0/s1. The number of H-pyrrole nitrogens is 1. The highest BCUT2D eigenvalue weighted by Crippen LogP contribution is 2.36. The molecule has 1 aromatic heterocycles. The first kappa shape index (κ1) is 10.7. The van der Waals surface area contributed by atoms with Crippen LogP contribution in [0.3, 0.4) is 0 Å². The number of hydrogen-bond acceptors (Lipinski definition) is 3. The number of nitrogens with one attached hydrogen (secondary N) is 2. The van der Waals surface area contributed by atoms with E-state index in [1.54, 1.807) is 11.8 Å². The smallest absolute Gasteiger partial charge is 0.321 e. The van der Waals surface area contributed by atoms with Crippen LogP contribution in [0.25, 0.3) is 10.9 Å². The number of carboxylic acid groups (broad SMARTS) is 1. The van der Waals surface area contributed by atoms with E-state index >= 15 is 0 Å². The second-order valence-electron chi connectivity index (χ2n) is 4.06. The summed E-state index contributed by atoms with van der Waals surface area (Å²) in [6.45, 7) is 0. The summed E-state index contributed by atoms with van der Waals surface area (Å²) in [5.74, 6) is -0.165. The Balaban J connectivity index is 1.95. The Bertz CT molecular complexity index is 566. The molecular formula is C12H12N2O2S. The van der Waals surface area contributed by atoms with E-state index in [0.717, 1.165) is 16.5 Å². The summed E-state index contributed by atoms with van der Waals surface area (Å²) in [5.41, 5.74) is 2.24. The van der Waals surface area contributed by atoms with E-state index < -0.39 is 12.0 Å². The van der Waals surface area contributed by atoms with Crippen molar-refractivity contribution >= 4 is 28.6 Å². The van der Waals surface area contributed by atoms with Crippen molar-refractivity contribution in [2.75, 3.05) is 5.75 Å². The Labute approximate surface area is 102 Å². The average molecular weight is 248 g/mol. The van der Waals surface area contributed by atoms with E-state index in [2.05, 4.69) is 10.3 Å². The lowest BCUT2D eigenvalue weighted by Crippen LogP contribution is -2.33. The van der Waals surface area contributed by atoms with Gasteiger partial charge >= 0.3 is 5.97 Å². The Kier molecular flexibility index (Phi) is 2.57. The number of fused-ring (bicyclic) bond motifs is 1. The molecule has 0 unspecified atom stereocenters. The van der Waals surface area contributed by atoms with Gasteiger partial charge in [0.05, 0.1) is 5.37 Å². The predicted octanol–water partition coefficient (Wildman–Crippen LogP) is 1.96. The van der Waals surface area contributed by atoms with Gasteiger partial charge in [-0.15, -0.1) is 11.8 Å². The van der Waals surface area contributed by atoms with Crippen molar-refractivity contribution in [2.24, 2.45) is 0 Å². The van der Waals surface area contributed by atoms with E-state index in [-0.39, 0.29) is 5.37 Å². The third-order valence-corrected chi connectivity index (χ3v) is 4.24. The molecule has 0 amide bonds. The number of benzene rings is 1. The van der Waals surface area contributed by atoms with Crippen LogP contribution in [0.2, 0.25) is 0 Å². The normalized spacial score (nSPS) is 24.2. The Hall–Kier alpha value is -1.46. The van der Waals surface area contributed by atoms with Crippen molar-refractivity contribution in [3.8, 4) is 0 Å². The summed E-state index contributed by atoms with van der Waals surface area (Å²) in [6.07, 6.45) is 1.91. The molecule has 2 aromatic rings. The van der Waals surface area contributed by atoms with Crippen LogP contribution in [-0.2, 0) is 4.79 Å². The van der Waals surface area contributed by atoms with Gasteiger partial charge in [-0.05, 0) is 17.7 Å². The van der Waals surface area contributed by atoms with Crippen LogP contribution >= 0.6 is 11.8 Å². The quantitative estimate of drug-likeness (QED) is 0.760. The molecule has 0 radical (unpaired) electrons. The van der Waals surface area contributed by atoms with Crippen molar-refractivity contribution < 1.29 is 9.90 Å². The number of hydrogen-bond donors (Lipinski definition) is 3. The second-order valence-corrected chi connectivity index (χ2v) is 5.20. The molecule has 0 saturated carbocycles. The van der Waals surface area contributed by atoms with Gasteiger partial charge in [-0.1, -0.05) is 12.1 Å². The minimum Gasteiger partial charge on any atom is -0.480 e. The Morgan fingerprint density at radius 1 is 1.41 bits per heavy atom. The number of rotatable bonds is 2. The van der Waals surface area contributed by atoms with Crippen LogP contribution in [0.15, 0.2) is 30.5 Å². The van der Waals surface area contributed by atoms with Gasteiger partial charge in [-0.25, -0.2) is 0 Å². The SMILES string of the molecule is O=C(O)[C@@H]1CS[C@H](c2cccc3[nH]ccc23)N1. The first-order valence-corrected chi connectivity index (χ1v) is 6.47. The van der Waals surface area contributed by atoms with E-state index in [4.69, 9.17) is 5.11 Å². The molecule has 0 bridgehead atoms. The lowest BCUT2D eigenvalue weighted by molar-refractivity contribution is -0.138. The number of aliphatic carboxylic acids is 1. The molecule has 1 aromatic carbocycles. The maximum absolute atomic E-state index is 10.9. The van der Waals surface area contributed by atoms with Crippen molar-refractivity contribution in [1.82, 2.24) is 10.3 Å². The molecule has 2 heterocycles. The van der Waals surface area contributed by atoms with Crippen LogP contribution < -0.4 is 5.32 Å². The summed E-state index contributed by atoms with van der Waals surface area (Å²) >= 11 is 1.64. The van der Waals surface area contributed by atoms with Crippen LogP contribution in [-0.4, -0.2) is 27.9 Å². The molecule has 1 fully saturated rings. The zero-order valence-electron chi connectivity index (χ0n) is 9.01. The Morgan fingerprint density at radius 3 is 3.06 bits per heavy atom. The van der Waals surface area contributed by atoms with Crippen molar-refractivity contribution in [3.05, 3.63) is 36.0 Å². The summed E-state index contributed by atoms with van der Waals surface area (Å²) in [6, 6.07) is 7.64. The Morgan fingerprint density at radius 2 is 2.29 bits per heavy atom.